The fourth-order valence-electron chi connectivity index (χ4n) is 3.63. The molecule has 1 N–H and O–H groups in total. The molecular formula is C22H23N3O. The first-order chi connectivity index (χ1) is 12.8. The molecule has 26 heavy (non-hydrogen) atoms. The van der Waals surface area contributed by atoms with Gasteiger partial charge in [0.2, 0.25) is 0 Å². The Bertz CT molecular complexity index is 917. The van der Waals surface area contributed by atoms with E-state index in [0.717, 1.165) is 43.2 Å². The van der Waals surface area contributed by atoms with Crippen molar-refractivity contribution in [3.05, 3.63) is 77.6 Å². The molecule has 0 saturated heterocycles. The van der Waals surface area contributed by atoms with Crippen LogP contribution in [0.5, 0.6) is 0 Å². The number of benzene rings is 2. The Hall–Kier alpha value is -2.72. The first kappa shape index (κ1) is 16.7. The summed E-state index contributed by atoms with van der Waals surface area (Å²) in [5, 5.41) is 4.97. The fourth-order valence-corrected chi connectivity index (χ4v) is 3.63. The molecule has 0 unspecified atom stereocenters. The van der Waals surface area contributed by atoms with Crippen LogP contribution >= 0.6 is 0 Å². The summed E-state index contributed by atoms with van der Waals surface area (Å²) in [6.45, 7) is 3.77. The molecule has 2 aromatic carbocycles. The van der Waals surface area contributed by atoms with Crippen molar-refractivity contribution < 1.29 is 4.79 Å². The van der Waals surface area contributed by atoms with Crippen molar-refractivity contribution in [2.45, 2.75) is 19.4 Å². The lowest BCUT2D eigenvalue weighted by molar-refractivity contribution is 0.0948. The number of hydrogen-bond donors (Lipinski definition) is 1. The number of carbonyl (C=O) groups is 1. The van der Waals surface area contributed by atoms with Crippen LogP contribution in [0, 0.1) is 0 Å². The fraction of sp³-hybridized carbons (Fsp3) is 0.273. The minimum atomic E-state index is -0.0919. The predicted molar refractivity (Wildman–Crippen MR) is 104 cm³/mol. The summed E-state index contributed by atoms with van der Waals surface area (Å²) < 4.78 is 0. The van der Waals surface area contributed by atoms with Gasteiger partial charge in [0.15, 0.2) is 0 Å². The van der Waals surface area contributed by atoms with Crippen LogP contribution in [-0.2, 0) is 13.0 Å². The Morgan fingerprint density at radius 2 is 1.85 bits per heavy atom. The first-order valence-electron chi connectivity index (χ1n) is 9.22. The van der Waals surface area contributed by atoms with Crippen molar-refractivity contribution in [3.8, 4) is 0 Å². The van der Waals surface area contributed by atoms with Gasteiger partial charge in [0.25, 0.3) is 5.91 Å². The molecule has 2 heterocycles. The maximum Gasteiger partial charge on any atom is 0.270 e. The zero-order chi connectivity index (χ0) is 17.8. The summed E-state index contributed by atoms with van der Waals surface area (Å²) >= 11 is 0. The number of carbonyl (C=O) groups excluding carboxylic acids is 1. The molecule has 132 valence electrons. The van der Waals surface area contributed by atoms with Crippen LogP contribution in [0.3, 0.4) is 0 Å². The Balaban J connectivity index is 1.29. The normalized spacial score (nSPS) is 14.2. The van der Waals surface area contributed by atoms with Gasteiger partial charge >= 0.3 is 0 Å². The quantitative estimate of drug-likeness (QED) is 0.721. The molecular weight excluding hydrogens is 322 g/mol. The van der Waals surface area contributed by atoms with Gasteiger partial charge in [-0.1, -0.05) is 48.5 Å². The Morgan fingerprint density at radius 1 is 1.04 bits per heavy atom. The summed E-state index contributed by atoms with van der Waals surface area (Å²) in [5.74, 6) is -0.0919. The topological polar surface area (TPSA) is 45.2 Å². The highest BCUT2D eigenvalue weighted by molar-refractivity contribution is 6.05. The second-order valence-corrected chi connectivity index (χ2v) is 6.79. The second kappa shape index (κ2) is 7.67. The third kappa shape index (κ3) is 3.60. The van der Waals surface area contributed by atoms with Crippen molar-refractivity contribution in [1.82, 2.24) is 15.2 Å². The lowest BCUT2D eigenvalue weighted by Gasteiger charge is -2.28. The van der Waals surface area contributed by atoms with E-state index >= 15 is 0 Å². The van der Waals surface area contributed by atoms with E-state index in [1.54, 1.807) is 6.20 Å². The predicted octanol–water partition coefficient (Wildman–Crippen LogP) is 3.41. The maximum absolute atomic E-state index is 12.5. The van der Waals surface area contributed by atoms with Crippen LogP contribution in [0.2, 0.25) is 0 Å². The molecule has 0 fully saturated rings. The molecule has 3 aromatic rings. The first-order valence-corrected chi connectivity index (χ1v) is 9.22. The highest BCUT2D eigenvalue weighted by Gasteiger charge is 2.15. The second-order valence-electron chi connectivity index (χ2n) is 6.79. The number of pyridine rings is 1. The lowest BCUT2D eigenvalue weighted by atomic mass is 10.00. The number of nitrogens with one attached hydrogen (secondary N) is 1. The zero-order valence-electron chi connectivity index (χ0n) is 14.8. The molecule has 0 spiro atoms. The van der Waals surface area contributed by atoms with Crippen molar-refractivity contribution >= 4 is 16.7 Å². The Kier molecular flexibility index (Phi) is 4.93. The van der Waals surface area contributed by atoms with E-state index in [2.05, 4.69) is 39.5 Å². The molecule has 1 aliphatic heterocycles. The van der Waals surface area contributed by atoms with Gasteiger partial charge in [0, 0.05) is 37.8 Å². The van der Waals surface area contributed by atoms with Crippen LogP contribution in [0.4, 0.5) is 0 Å². The van der Waals surface area contributed by atoms with E-state index in [1.807, 2.05) is 30.3 Å². The summed E-state index contributed by atoms with van der Waals surface area (Å²) in [7, 11) is 0. The molecule has 4 heteroatoms. The third-order valence-electron chi connectivity index (χ3n) is 5.04. The highest BCUT2D eigenvalue weighted by atomic mass is 16.1. The van der Waals surface area contributed by atoms with Gasteiger partial charge in [0.1, 0.15) is 5.69 Å². The zero-order valence-corrected chi connectivity index (χ0v) is 14.8. The SMILES string of the molecule is O=C(NCCCN1CCc2ccccc2C1)c1nccc2ccccc12. The third-order valence-corrected chi connectivity index (χ3v) is 5.04. The lowest BCUT2D eigenvalue weighted by Crippen LogP contribution is -2.34. The van der Waals surface area contributed by atoms with Gasteiger partial charge in [-0.2, -0.15) is 0 Å². The van der Waals surface area contributed by atoms with E-state index in [9.17, 15) is 4.79 Å². The summed E-state index contributed by atoms with van der Waals surface area (Å²) in [6, 6.07) is 18.5. The van der Waals surface area contributed by atoms with E-state index in [0.29, 0.717) is 12.2 Å². The average Bonchev–Trinajstić information content (AvgIpc) is 2.70. The summed E-state index contributed by atoms with van der Waals surface area (Å²) in [4.78, 5) is 19.2. The standard InChI is InChI=1S/C22H23N3O/c26-22(21-20-9-4-3-7-18(20)10-13-23-21)24-12-5-14-25-15-11-17-6-1-2-8-19(17)16-25/h1-4,6-10,13H,5,11-12,14-16H2,(H,24,26). The largest absolute Gasteiger partial charge is 0.351 e. The van der Waals surface area contributed by atoms with E-state index in [-0.39, 0.29) is 5.91 Å². The van der Waals surface area contributed by atoms with Crippen LogP contribution < -0.4 is 5.32 Å². The smallest absolute Gasteiger partial charge is 0.270 e. The van der Waals surface area contributed by atoms with Crippen LogP contribution in [0.15, 0.2) is 60.8 Å². The Morgan fingerprint density at radius 3 is 2.77 bits per heavy atom. The van der Waals surface area contributed by atoms with Crippen molar-refractivity contribution in [2.75, 3.05) is 19.6 Å². The molecule has 1 aromatic heterocycles. The average molecular weight is 345 g/mol. The summed E-state index contributed by atoms with van der Waals surface area (Å²) in [6.07, 6.45) is 3.75. The molecule has 0 atom stereocenters. The number of aromatic nitrogens is 1. The number of amides is 1. The van der Waals surface area contributed by atoms with Crippen molar-refractivity contribution in [2.24, 2.45) is 0 Å². The van der Waals surface area contributed by atoms with Crippen molar-refractivity contribution in [3.63, 3.8) is 0 Å². The van der Waals surface area contributed by atoms with E-state index in [4.69, 9.17) is 0 Å². The van der Waals surface area contributed by atoms with Gasteiger partial charge in [-0.25, -0.2) is 0 Å². The van der Waals surface area contributed by atoms with Gasteiger partial charge in [-0.05, 0) is 35.4 Å². The number of fused-ring (bicyclic) bond motifs is 2. The van der Waals surface area contributed by atoms with Gasteiger partial charge in [0.05, 0.1) is 0 Å². The summed E-state index contributed by atoms with van der Waals surface area (Å²) in [5.41, 5.74) is 3.41. The minimum Gasteiger partial charge on any atom is -0.351 e. The molecule has 1 aliphatic rings. The molecule has 0 bridgehead atoms. The van der Waals surface area contributed by atoms with Crippen molar-refractivity contribution in [1.29, 1.82) is 0 Å². The molecule has 4 nitrogen and oxygen atoms in total. The van der Waals surface area contributed by atoms with Gasteiger partial charge < -0.3 is 5.32 Å². The number of hydrogen-bond acceptors (Lipinski definition) is 3. The number of nitrogens with zero attached hydrogens (tertiary/aromatic N) is 2. The molecule has 0 saturated carbocycles. The van der Waals surface area contributed by atoms with Crippen LogP contribution in [0.1, 0.15) is 28.0 Å². The van der Waals surface area contributed by atoms with Gasteiger partial charge in [-0.15, -0.1) is 0 Å². The molecule has 0 radical (unpaired) electrons. The monoisotopic (exact) mass is 345 g/mol. The highest BCUT2D eigenvalue weighted by Crippen LogP contribution is 2.18. The van der Waals surface area contributed by atoms with E-state index in [1.165, 1.54) is 11.1 Å². The minimum absolute atomic E-state index is 0.0919. The number of rotatable bonds is 5. The maximum atomic E-state index is 12.5. The Labute approximate surface area is 153 Å². The molecule has 0 aliphatic carbocycles. The van der Waals surface area contributed by atoms with Crippen LogP contribution in [0.25, 0.3) is 10.8 Å². The molecule has 1 amide bonds. The van der Waals surface area contributed by atoms with Gasteiger partial charge in [-0.3, -0.25) is 14.7 Å². The van der Waals surface area contributed by atoms with Crippen LogP contribution in [-0.4, -0.2) is 35.4 Å². The molecule has 4 rings (SSSR count). The van der Waals surface area contributed by atoms with E-state index < -0.39 is 0 Å².